The van der Waals surface area contributed by atoms with E-state index in [0.29, 0.717) is 12.5 Å². The molecule has 0 radical (unpaired) electrons. The number of hydrogen-bond acceptors (Lipinski definition) is 2. The van der Waals surface area contributed by atoms with E-state index >= 15 is 0 Å². The summed E-state index contributed by atoms with van der Waals surface area (Å²) < 4.78 is 0. The van der Waals surface area contributed by atoms with Crippen LogP contribution in [0.4, 0.5) is 0 Å². The summed E-state index contributed by atoms with van der Waals surface area (Å²) in [5.74, 6) is 1.13. The van der Waals surface area contributed by atoms with Gasteiger partial charge in [0.05, 0.1) is 0 Å². The second kappa shape index (κ2) is 7.66. The normalized spacial score (nSPS) is 25.4. The van der Waals surface area contributed by atoms with Gasteiger partial charge < -0.3 is 10.6 Å². The van der Waals surface area contributed by atoms with Crippen LogP contribution in [0, 0.1) is 5.92 Å². The molecule has 3 heteroatoms. The highest BCUT2D eigenvalue weighted by Gasteiger charge is 2.20. The van der Waals surface area contributed by atoms with Crippen LogP contribution < -0.4 is 10.6 Å². The van der Waals surface area contributed by atoms with Gasteiger partial charge in [-0.15, -0.1) is 0 Å². The van der Waals surface area contributed by atoms with Crippen molar-refractivity contribution in [3.63, 3.8) is 0 Å². The molecular formula is C13H26N2O. The molecule has 0 aromatic heterocycles. The van der Waals surface area contributed by atoms with Gasteiger partial charge in [-0.05, 0) is 51.6 Å². The maximum atomic E-state index is 11.6. The van der Waals surface area contributed by atoms with Crippen molar-refractivity contribution in [2.24, 2.45) is 5.92 Å². The second-order valence-corrected chi connectivity index (χ2v) is 4.90. The second-order valence-electron chi connectivity index (χ2n) is 4.90. The molecule has 0 aromatic rings. The molecule has 16 heavy (non-hydrogen) atoms. The third-order valence-electron chi connectivity index (χ3n) is 3.62. The molecule has 3 nitrogen and oxygen atoms in total. The number of hydrogen-bond donors (Lipinski definition) is 2. The quantitative estimate of drug-likeness (QED) is 0.681. The first-order valence-electron chi connectivity index (χ1n) is 6.70. The Bertz CT molecular complexity index is 198. The van der Waals surface area contributed by atoms with Gasteiger partial charge in [-0.3, -0.25) is 4.79 Å². The topological polar surface area (TPSA) is 41.1 Å². The van der Waals surface area contributed by atoms with E-state index in [1.165, 1.54) is 32.1 Å². The van der Waals surface area contributed by atoms with E-state index in [-0.39, 0.29) is 5.91 Å². The highest BCUT2D eigenvalue weighted by molar-refractivity contribution is 5.76. The van der Waals surface area contributed by atoms with Crippen molar-refractivity contribution in [1.29, 1.82) is 0 Å². The Kier molecular flexibility index (Phi) is 6.46. The van der Waals surface area contributed by atoms with E-state index in [4.69, 9.17) is 0 Å². The van der Waals surface area contributed by atoms with Crippen LogP contribution in [0.3, 0.4) is 0 Å². The van der Waals surface area contributed by atoms with Crippen LogP contribution in [0.2, 0.25) is 0 Å². The van der Waals surface area contributed by atoms with E-state index in [1.54, 1.807) is 0 Å². The van der Waals surface area contributed by atoms with Crippen molar-refractivity contribution in [3.8, 4) is 0 Å². The first kappa shape index (κ1) is 13.5. The van der Waals surface area contributed by atoms with E-state index in [2.05, 4.69) is 17.6 Å². The molecule has 2 N–H and O–H groups in total. The largest absolute Gasteiger partial charge is 0.353 e. The van der Waals surface area contributed by atoms with E-state index in [1.807, 2.05) is 7.05 Å². The zero-order chi connectivity index (χ0) is 11.8. The lowest BCUT2D eigenvalue weighted by Gasteiger charge is -2.28. The Morgan fingerprint density at radius 3 is 2.50 bits per heavy atom. The minimum Gasteiger partial charge on any atom is -0.353 e. The maximum absolute atomic E-state index is 11.6. The summed E-state index contributed by atoms with van der Waals surface area (Å²) in [6, 6.07) is 0.449. The highest BCUT2D eigenvalue weighted by Crippen LogP contribution is 2.26. The lowest BCUT2D eigenvalue weighted by Crippen LogP contribution is -2.37. The third kappa shape index (κ3) is 4.97. The SMILES string of the molecule is CCC1CCC(NC(=O)CCCNC)CC1. The molecule has 1 rings (SSSR count). The van der Waals surface area contributed by atoms with Gasteiger partial charge in [-0.1, -0.05) is 13.3 Å². The summed E-state index contributed by atoms with van der Waals surface area (Å²) in [6.07, 6.45) is 7.83. The molecule has 0 aliphatic heterocycles. The molecule has 0 atom stereocenters. The fraction of sp³-hybridized carbons (Fsp3) is 0.923. The Morgan fingerprint density at radius 2 is 1.94 bits per heavy atom. The monoisotopic (exact) mass is 226 g/mol. The number of nitrogens with one attached hydrogen (secondary N) is 2. The Balaban J connectivity index is 2.10. The first-order chi connectivity index (χ1) is 7.76. The van der Waals surface area contributed by atoms with E-state index in [9.17, 15) is 4.79 Å². The van der Waals surface area contributed by atoms with E-state index in [0.717, 1.165) is 18.9 Å². The van der Waals surface area contributed by atoms with Crippen molar-refractivity contribution in [1.82, 2.24) is 10.6 Å². The highest BCUT2D eigenvalue weighted by atomic mass is 16.1. The van der Waals surface area contributed by atoms with Crippen LogP contribution >= 0.6 is 0 Å². The average Bonchev–Trinajstić information content (AvgIpc) is 2.30. The van der Waals surface area contributed by atoms with Gasteiger partial charge in [-0.2, -0.15) is 0 Å². The van der Waals surface area contributed by atoms with Crippen molar-refractivity contribution < 1.29 is 4.79 Å². The molecule has 1 amide bonds. The zero-order valence-electron chi connectivity index (χ0n) is 10.7. The van der Waals surface area contributed by atoms with Crippen LogP contribution in [-0.4, -0.2) is 25.5 Å². The third-order valence-corrected chi connectivity index (χ3v) is 3.62. The van der Waals surface area contributed by atoms with Crippen LogP contribution in [0.1, 0.15) is 51.9 Å². The molecule has 0 heterocycles. The van der Waals surface area contributed by atoms with Gasteiger partial charge in [0.15, 0.2) is 0 Å². The molecule has 0 bridgehead atoms. The standard InChI is InChI=1S/C13H26N2O/c1-3-11-6-8-12(9-7-11)15-13(16)5-4-10-14-2/h11-12,14H,3-10H2,1-2H3,(H,15,16). The smallest absolute Gasteiger partial charge is 0.220 e. The molecule has 1 fully saturated rings. The zero-order valence-corrected chi connectivity index (χ0v) is 10.7. The van der Waals surface area contributed by atoms with Crippen molar-refractivity contribution in [3.05, 3.63) is 0 Å². The molecule has 1 aliphatic rings. The molecule has 1 saturated carbocycles. The van der Waals surface area contributed by atoms with Gasteiger partial charge in [-0.25, -0.2) is 0 Å². The molecule has 0 saturated heterocycles. The fourth-order valence-corrected chi connectivity index (χ4v) is 2.44. The number of rotatable bonds is 6. The minimum absolute atomic E-state index is 0.232. The van der Waals surface area contributed by atoms with Gasteiger partial charge in [0.2, 0.25) is 5.91 Å². The molecular weight excluding hydrogens is 200 g/mol. The lowest BCUT2D eigenvalue weighted by atomic mass is 9.84. The summed E-state index contributed by atoms with van der Waals surface area (Å²) in [4.78, 5) is 11.6. The molecule has 0 unspecified atom stereocenters. The number of carbonyl (C=O) groups excluding carboxylic acids is 1. The van der Waals surface area contributed by atoms with Gasteiger partial charge in [0.25, 0.3) is 0 Å². The molecule has 0 spiro atoms. The number of carbonyl (C=O) groups is 1. The minimum atomic E-state index is 0.232. The summed E-state index contributed by atoms with van der Waals surface area (Å²) in [6.45, 7) is 3.19. The van der Waals surface area contributed by atoms with Crippen molar-refractivity contribution in [2.45, 2.75) is 57.9 Å². The Hall–Kier alpha value is -0.570. The summed E-state index contributed by atoms with van der Waals surface area (Å²) in [5.41, 5.74) is 0. The van der Waals surface area contributed by atoms with Crippen molar-refractivity contribution >= 4 is 5.91 Å². The summed E-state index contributed by atoms with van der Waals surface area (Å²) >= 11 is 0. The molecule has 0 aromatic carbocycles. The van der Waals surface area contributed by atoms with Crippen LogP contribution in [0.5, 0.6) is 0 Å². The van der Waals surface area contributed by atoms with Crippen LogP contribution in [-0.2, 0) is 4.79 Å². The average molecular weight is 226 g/mol. The fourth-order valence-electron chi connectivity index (χ4n) is 2.44. The van der Waals surface area contributed by atoms with Gasteiger partial charge in [0.1, 0.15) is 0 Å². The Morgan fingerprint density at radius 1 is 1.25 bits per heavy atom. The Labute approximate surface area is 99.4 Å². The maximum Gasteiger partial charge on any atom is 0.220 e. The van der Waals surface area contributed by atoms with Crippen molar-refractivity contribution in [2.75, 3.05) is 13.6 Å². The number of amides is 1. The van der Waals surface area contributed by atoms with Crippen LogP contribution in [0.15, 0.2) is 0 Å². The predicted molar refractivity (Wildman–Crippen MR) is 67.3 cm³/mol. The van der Waals surface area contributed by atoms with Gasteiger partial charge in [0, 0.05) is 12.5 Å². The molecule has 94 valence electrons. The summed E-state index contributed by atoms with van der Waals surface area (Å²) in [5, 5.41) is 6.22. The van der Waals surface area contributed by atoms with Gasteiger partial charge >= 0.3 is 0 Å². The first-order valence-corrected chi connectivity index (χ1v) is 6.70. The van der Waals surface area contributed by atoms with Crippen LogP contribution in [0.25, 0.3) is 0 Å². The lowest BCUT2D eigenvalue weighted by molar-refractivity contribution is -0.122. The summed E-state index contributed by atoms with van der Waals surface area (Å²) in [7, 11) is 1.92. The molecule has 1 aliphatic carbocycles. The van der Waals surface area contributed by atoms with E-state index < -0.39 is 0 Å². The predicted octanol–water partition coefficient (Wildman–Crippen LogP) is 2.07.